The summed E-state index contributed by atoms with van der Waals surface area (Å²) in [5.74, 6) is 1.84. The predicted octanol–water partition coefficient (Wildman–Crippen LogP) is 4.60. The molecule has 0 saturated carbocycles. The number of fused-ring (bicyclic) bond motifs is 1. The van der Waals surface area contributed by atoms with Crippen molar-refractivity contribution in [2.45, 2.75) is 39.3 Å². The number of nitrogen functional groups attached to an aromatic ring is 1. The number of hydrogen-bond donors (Lipinski definition) is 2. The summed E-state index contributed by atoms with van der Waals surface area (Å²) >= 11 is 0. The molecular weight excluding hydrogens is 488 g/mol. The van der Waals surface area contributed by atoms with Crippen LogP contribution in [0.5, 0.6) is 5.75 Å². The molecule has 2 heterocycles. The lowest BCUT2D eigenvalue weighted by atomic mass is 10.0. The summed E-state index contributed by atoms with van der Waals surface area (Å²) in [7, 11) is 1.82. The van der Waals surface area contributed by atoms with Crippen molar-refractivity contribution in [3.8, 4) is 16.9 Å². The lowest BCUT2D eigenvalue weighted by molar-refractivity contribution is 0.131. The lowest BCUT2D eigenvalue weighted by Crippen LogP contribution is -2.40. The molecule has 0 radical (unpaired) electrons. The van der Waals surface area contributed by atoms with Gasteiger partial charge in [0.25, 0.3) is 5.56 Å². The molecule has 0 amide bonds. The van der Waals surface area contributed by atoms with Crippen LogP contribution in [0, 0.1) is 12.3 Å². The highest BCUT2D eigenvalue weighted by Gasteiger charge is 2.21. The Morgan fingerprint density at radius 3 is 2.51 bits per heavy atom. The molecule has 200 valence electrons. The van der Waals surface area contributed by atoms with E-state index in [1.54, 1.807) is 11.5 Å². The van der Waals surface area contributed by atoms with Gasteiger partial charge in [0.2, 0.25) is 0 Å². The molecule has 39 heavy (non-hydrogen) atoms. The van der Waals surface area contributed by atoms with Crippen molar-refractivity contribution in [1.82, 2.24) is 14.5 Å². The first-order valence-electron chi connectivity index (χ1n) is 13.2. The summed E-state index contributed by atoms with van der Waals surface area (Å²) < 4.78 is 8.15. The number of likely N-dealkylation sites (tertiary alicyclic amines) is 1. The zero-order valence-corrected chi connectivity index (χ0v) is 22.6. The van der Waals surface area contributed by atoms with E-state index >= 15 is 0 Å². The quantitative estimate of drug-likeness (QED) is 0.284. The average molecular weight is 523 g/mol. The van der Waals surface area contributed by atoms with E-state index in [1.807, 2.05) is 74.6 Å². The Bertz CT molecular complexity index is 1620. The minimum Gasteiger partial charge on any atom is -0.490 e. The number of rotatable bonds is 6. The van der Waals surface area contributed by atoms with Gasteiger partial charge < -0.3 is 19.9 Å². The van der Waals surface area contributed by atoms with Gasteiger partial charge in [-0.05, 0) is 54.8 Å². The number of nitrogens with two attached hydrogens (primary N) is 1. The number of aliphatic imine (C=N–C) groups is 1. The second kappa shape index (κ2) is 11.1. The molecule has 3 N–H and O–H groups in total. The normalized spacial score (nSPS) is 14.5. The Balaban J connectivity index is 1.43. The second-order valence-electron chi connectivity index (χ2n) is 10.0. The summed E-state index contributed by atoms with van der Waals surface area (Å²) in [4.78, 5) is 24.4. The molecule has 8 heteroatoms. The highest BCUT2D eigenvalue weighted by Crippen LogP contribution is 2.25. The minimum atomic E-state index is -0.119. The summed E-state index contributed by atoms with van der Waals surface area (Å²) in [5, 5.41) is 7.75. The van der Waals surface area contributed by atoms with Gasteiger partial charge in [0.05, 0.1) is 23.4 Å². The van der Waals surface area contributed by atoms with Crippen molar-refractivity contribution in [2.24, 2.45) is 10.7 Å². The van der Waals surface area contributed by atoms with Gasteiger partial charge in [0.1, 0.15) is 23.4 Å². The zero-order chi connectivity index (χ0) is 27.5. The summed E-state index contributed by atoms with van der Waals surface area (Å²) in [6.07, 6.45) is 1.95. The van der Waals surface area contributed by atoms with Crippen LogP contribution in [0.1, 0.15) is 36.6 Å². The third-order valence-electron chi connectivity index (χ3n) is 7.38. The Labute approximate surface area is 228 Å². The molecule has 1 aromatic heterocycles. The first-order chi connectivity index (χ1) is 18.8. The number of piperidine rings is 1. The molecule has 5 rings (SSSR count). The Morgan fingerprint density at radius 2 is 1.79 bits per heavy atom. The molecule has 0 bridgehead atoms. The number of nitrogens with one attached hydrogen (secondary N) is 1. The van der Waals surface area contributed by atoms with Crippen LogP contribution < -0.4 is 16.0 Å². The molecule has 8 nitrogen and oxygen atoms in total. The van der Waals surface area contributed by atoms with Crippen LogP contribution in [0.4, 0.5) is 0 Å². The number of benzene rings is 3. The van der Waals surface area contributed by atoms with Crippen LogP contribution in [0.15, 0.2) is 76.5 Å². The van der Waals surface area contributed by atoms with Crippen LogP contribution in [-0.4, -0.2) is 52.4 Å². The zero-order valence-electron chi connectivity index (χ0n) is 22.6. The van der Waals surface area contributed by atoms with Crippen LogP contribution in [0.3, 0.4) is 0 Å². The smallest absolute Gasteiger partial charge is 0.272 e. The first-order valence-corrected chi connectivity index (χ1v) is 13.2. The van der Waals surface area contributed by atoms with Crippen molar-refractivity contribution in [2.75, 3.05) is 20.1 Å². The molecule has 3 aromatic carbocycles. The number of nitrogens with zero attached hydrogens (tertiary/aromatic N) is 4. The second-order valence-corrected chi connectivity index (χ2v) is 10.0. The molecule has 0 spiro atoms. The maximum atomic E-state index is 13.3. The molecule has 1 aliphatic rings. The number of hydrogen-bond acceptors (Lipinski definition) is 5. The number of amidine groups is 2. The molecule has 0 unspecified atom stereocenters. The number of aromatic nitrogens is 2. The van der Waals surface area contributed by atoms with E-state index in [0.29, 0.717) is 17.8 Å². The number of ether oxygens (including phenoxy) is 1. The standard InChI is InChI=1S/C31H34N6O2/c1-20-31(38)37(19-22-6-4-7-23(16-22)24-8-5-9-25(17-24)30(32)33)29-18-27(10-11-28(29)35-20)39-26-12-14-36(15-13-26)21(2)34-3/h4-11,16-18,26H,12-15,19H2,1-3H3,(H3,32,33). The summed E-state index contributed by atoms with van der Waals surface area (Å²) in [6, 6.07) is 21.5. The molecule has 4 aromatic rings. The van der Waals surface area contributed by atoms with Gasteiger partial charge in [-0.25, -0.2) is 4.98 Å². The molecule has 0 atom stereocenters. The first kappa shape index (κ1) is 26.2. The third-order valence-corrected chi connectivity index (χ3v) is 7.38. The summed E-state index contributed by atoms with van der Waals surface area (Å²) in [5.41, 5.74) is 11.2. The Morgan fingerprint density at radius 1 is 1.08 bits per heavy atom. The van der Waals surface area contributed by atoms with E-state index in [2.05, 4.69) is 20.9 Å². The Hall–Kier alpha value is -4.46. The van der Waals surface area contributed by atoms with Gasteiger partial charge in [-0.2, -0.15) is 0 Å². The van der Waals surface area contributed by atoms with Crippen molar-refractivity contribution < 1.29 is 4.74 Å². The minimum absolute atomic E-state index is 0.0341. The fourth-order valence-corrected chi connectivity index (χ4v) is 5.11. The van der Waals surface area contributed by atoms with Crippen molar-refractivity contribution in [3.05, 3.63) is 93.9 Å². The van der Waals surface area contributed by atoms with Crippen molar-refractivity contribution in [1.29, 1.82) is 5.41 Å². The van der Waals surface area contributed by atoms with Gasteiger partial charge in [0, 0.05) is 44.6 Å². The monoisotopic (exact) mass is 522 g/mol. The van der Waals surface area contributed by atoms with E-state index in [0.717, 1.165) is 65.2 Å². The topological polar surface area (TPSA) is 110 Å². The van der Waals surface area contributed by atoms with Gasteiger partial charge in [-0.15, -0.1) is 0 Å². The molecule has 1 aliphatic heterocycles. The SMILES string of the molecule is CN=C(C)N1CCC(Oc2ccc3nc(C)c(=O)n(Cc4cccc(-c5cccc(C(=N)N)c5)c4)c3c2)CC1. The molecule has 0 aliphatic carbocycles. The average Bonchev–Trinajstić information content (AvgIpc) is 2.96. The maximum Gasteiger partial charge on any atom is 0.272 e. The van der Waals surface area contributed by atoms with Crippen LogP contribution >= 0.6 is 0 Å². The number of aryl methyl sites for hydroxylation is 1. The Kier molecular flexibility index (Phi) is 7.45. The predicted molar refractivity (Wildman–Crippen MR) is 157 cm³/mol. The molecular formula is C31H34N6O2. The lowest BCUT2D eigenvalue weighted by Gasteiger charge is -2.33. The van der Waals surface area contributed by atoms with E-state index in [1.165, 1.54) is 0 Å². The van der Waals surface area contributed by atoms with E-state index in [-0.39, 0.29) is 17.5 Å². The summed E-state index contributed by atoms with van der Waals surface area (Å²) in [6.45, 7) is 6.02. The van der Waals surface area contributed by atoms with Crippen LogP contribution in [0.2, 0.25) is 0 Å². The fourth-order valence-electron chi connectivity index (χ4n) is 5.11. The molecule has 1 saturated heterocycles. The highest BCUT2D eigenvalue weighted by atomic mass is 16.5. The molecule has 1 fully saturated rings. The van der Waals surface area contributed by atoms with Crippen LogP contribution in [0.25, 0.3) is 22.2 Å². The van der Waals surface area contributed by atoms with Gasteiger partial charge in [0.15, 0.2) is 0 Å². The van der Waals surface area contributed by atoms with Gasteiger partial charge in [-0.3, -0.25) is 15.2 Å². The van der Waals surface area contributed by atoms with E-state index in [9.17, 15) is 4.79 Å². The van der Waals surface area contributed by atoms with Crippen molar-refractivity contribution in [3.63, 3.8) is 0 Å². The third kappa shape index (κ3) is 5.70. The van der Waals surface area contributed by atoms with Gasteiger partial charge >= 0.3 is 0 Å². The van der Waals surface area contributed by atoms with Crippen LogP contribution in [-0.2, 0) is 6.54 Å². The maximum absolute atomic E-state index is 13.3. The van der Waals surface area contributed by atoms with E-state index in [4.69, 9.17) is 15.9 Å². The van der Waals surface area contributed by atoms with E-state index < -0.39 is 0 Å². The van der Waals surface area contributed by atoms with Crippen molar-refractivity contribution >= 4 is 22.7 Å². The largest absolute Gasteiger partial charge is 0.490 e. The highest BCUT2D eigenvalue weighted by molar-refractivity contribution is 5.96. The van der Waals surface area contributed by atoms with Gasteiger partial charge in [-0.1, -0.05) is 36.4 Å². The fraction of sp³-hybridized carbons (Fsp3) is 0.290.